The summed E-state index contributed by atoms with van der Waals surface area (Å²) >= 11 is 0. The van der Waals surface area contributed by atoms with Crippen LogP contribution in [0.25, 0.3) is 0 Å². The van der Waals surface area contributed by atoms with Crippen LogP contribution in [0.5, 0.6) is 5.75 Å². The van der Waals surface area contributed by atoms with Gasteiger partial charge >= 0.3 is 6.18 Å². The molecule has 2 aromatic rings. The molecule has 112 valence electrons. The van der Waals surface area contributed by atoms with Gasteiger partial charge in [0, 0.05) is 0 Å². The monoisotopic (exact) mass is 296 g/mol. The van der Waals surface area contributed by atoms with Crippen LogP contribution in [0, 0.1) is 0 Å². The molecular weight excluding hydrogens is 281 g/mol. The number of hydrogen-bond donors (Lipinski definition) is 2. The Morgan fingerprint density at radius 3 is 2.19 bits per heavy atom. The van der Waals surface area contributed by atoms with Gasteiger partial charge in [-0.15, -0.1) is 0 Å². The van der Waals surface area contributed by atoms with Gasteiger partial charge < -0.3 is 10.2 Å². The predicted octanol–water partition coefficient (Wildman–Crippen LogP) is 4.06. The molecule has 5 heteroatoms. The smallest absolute Gasteiger partial charge is 0.416 e. The van der Waals surface area contributed by atoms with Crippen LogP contribution in [0.3, 0.4) is 0 Å². The molecule has 0 bridgehead atoms. The molecule has 0 heterocycles. The first-order valence-electron chi connectivity index (χ1n) is 6.50. The highest BCUT2D eigenvalue weighted by atomic mass is 19.4. The Morgan fingerprint density at radius 1 is 1.05 bits per heavy atom. The van der Waals surface area contributed by atoms with E-state index in [0.29, 0.717) is 23.1 Å². The highest BCUT2D eigenvalue weighted by molar-refractivity contribution is 5.40. The van der Waals surface area contributed by atoms with Crippen molar-refractivity contribution in [2.75, 3.05) is 0 Å². The first kappa shape index (κ1) is 15.4. The SMILES string of the molecule is CCc1cc(C(F)(F)F)ccc1C(O)c1ccc(O)cc1. The number of rotatable bonds is 3. The Kier molecular flexibility index (Phi) is 4.23. The van der Waals surface area contributed by atoms with Crippen LogP contribution in [0.2, 0.25) is 0 Å². The molecule has 0 amide bonds. The van der Waals surface area contributed by atoms with Gasteiger partial charge in [-0.2, -0.15) is 13.2 Å². The van der Waals surface area contributed by atoms with Gasteiger partial charge in [0.05, 0.1) is 5.56 Å². The summed E-state index contributed by atoms with van der Waals surface area (Å²) in [5.74, 6) is 0.0640. The normalized spacial score (nSPS) is 13.2. The Bertz CT molecular complexity index is 618. The molecule has 21 heavy (non-hydrogen) atoms. The lowest BCUT2D eigenvalue weighted by molar-refractivity contribution is -0.137. The van der Waals surface area contributed by atoms with Crippen LogP contribution in [0.15, 0.2) is 42.5 Å². The molecule has 0 aliphatic heterocycles. The molecule has 0 fully saturated rings. The molecule has 0 saturated carbocycles. The zero-order valence-electron chi connectivity index (χ0n) is 11.4. The molecule has 0 saturated heterocycles. The lowest BCUT2D eigenvalue weighted by Crippen LogP contribution is -2.09. The number of aryl methyl sites for hydroxylation is 1. The summed E-state index contributed by atoms with van der Waals surface area (Å²) in [6.45, 7) is 1.74. The van der Waals surface area contributed by atoms with Crippen molar-refractivity contribution in [1.29, 1.82) is 0 Å². The van der Waals surface area contributed by atoms with Crippen molar-refractivity contribution in [3.05, 3.63) is 64.7 Å². The van der Waals surface area contributed by atoms with E-state index >= 15 is 0 Å². The second kappa shape index (κ2) is 5.77. The van der Waals surface area contributed by atoms with Crippen molar-refractivity contribution in [1.82, 2.24) is 0 Å². The number of aliphatic hydroxyl groups is 1. The average molecular weight is 296 g/mol. The van der Waals surface area contributed by atoms with Crippen molar-refractivity contribution in [3.8, 4) is 5.75 Å². The summed E-state index contributed by atoms with van der Waals surface area (Å²) in [4.78, 5) is 0. The van der Waals surface area contributed by atoms with E-state index in [2.05, 4.69) is 0 Å². The Hall–Kier alpha value is -2.01. The van der Waals surface area contributed by atoms with Gasteiger partial charge in [0.2, 0.25) is 0 Å². The van der Waals surface area contributed by atoms with E-state index in [4.69, 9.17) is 0 Å². The number of phenolic OH excluding ortho intramolecular Hbond substituents is 1. The third-order valence-electron chi connectivity index (χ3n) is 3.35. The Morgan fingerprint density at radius 2 is 1.67 bits per heavy atom. The molecule has 1 unspecified atom stereocenters. The van der Waals surface area contributed by atoms with Crippen LogP contribution in [0.1, 0.15) is 35.3 Å². The summed E-state index contributed by atoms with van der Waals surface area (Å²) in [5.41, 5.74) is 0.685. The van der Waals surface area contributed by atoms with Crippen molar-refractivity contribution in [3.63, 3.8) is 0 Å². The molecule has 2 rings (SSSR count). The summed E-state index contributed by atoms with van der Waals surface area (Å²) in [6.07, 6.45) is -5.04. The minimum Gasteiger partial charge on any atom is -0.508 e. The van der Waals surface area contributed by atoms with E-state index in [1.165, 1.54) is 30.3 Å². The lowest BCUT2D eigenvalue weighted by atomic mass is 9.94. The highest BCUT2D eigenvalue weighted by Crippen LogP contribution is 2.33. The zero-order valence-corrected chi connectivity index (χ0v) is 11.4. The largest absolute Gasteiger partial charge is 0.508 e. The number of alkyl halides is 3. The topological polar surface area (TPSA) is 40.5 Å². The quantitative estimate of drug-likeness (QED) is 0.897. The number of aliphatic hydroxyl groups excluding tert-OH is 1. The minimum atomic E-state index is -4.40. The van der Waals surface area contributed by atoms with Gasteiger partial charge in [-0.1, -0.05) is 25.1 Å². The van der Waals surface area contributed by atoms with E-state index in [1.54, 1.807) is 6.92 Å². The van der Waals surface area contributed by atoms with E-state index in [9.17, 15) is 23.4 Å². The van der Waals surface area contributed by atoms with Crippen LogP contribution >= 0.6 is 0 Å². The number of halogens is 3. The van der Waals surface area contributed by atoms with Crippen molar-refractivity contribution in [2.24, 2.45) is 0 Å². The molecule has 0 aromatic heterocycles. The van der Waals surface area contributed by atoms with Gasteiger partial charge in [0.15, 0.2) is 0 Å². The second-order valence-electron chi connectivity index (χ2n) is 4.76. The van der Waals surface area contributed by atoms with Crippen molar-refractivity contribution in [2.45, 2.75) is 25.6 Å². The highest BCUT2D eigenvalue weighted by Gasteiger charge is 2.31. The van der Waals surface area contributed by atoms with E-state index in [0.717, 1.165) is 12.1 Å². The number of benzene rings is 2. The fraction of sp³-hybridized carbons (Fsp3) is 0.250. The summed E-state index contributed by atoms with van der Waals surface area (Å²) in [7, 11) is 0. The van der Waals surface area contributed by atoms with Gasteiger partial charge in [0.25, 0.3) is 0 Å². The average Bonchev–Trinajstić information content (AvgIpc) is 2.45. The van der Waals surface area contributed by atoms with Crippen molar-refractivity contribution >= 4 is 0 Å². The Labute approximate surface area is 120 Å². The van der Waals surface area contributed by atoms with Gasteiger partial charge in [0.1, 0.15) is 11.9 Å². The third-order valence-corrected chi connectivity index (χ3v) is 3.35. The molecule has 1 atom stereocenters. The van der Waals surface area contributed by atoms with Gasteiger partial charge in [-0.3, -0.25) is 0 Å². The van der Waals surface area contributed by atoms with Crippen molar-refractivity contribution < 1.29 is 23.4 Å². The molecule has 2 N–H and O–H groups in total. The van der Waals surface area contributed by atoms with E-state index < -0.39 is 17.8 Å². The number of hydrogen-bond acceptors (Lipinski definition) is 2. The number of aromatic hydroxyl groups is 1. The standard InChI is InChI=1S/C16H15F3O2/c1-2-10-9-12(16(17,18)19)5-8-14(10)15(21)11-3-6-13(20)7-4-11/h3-9,15,20-21H,2H2,1H3. The minimum absolute atomic E-state index is 0.0640. The van der Waals surface area contributed by atoms with Crippen LogP contribution < -0.4 is 0 Å². The van der Waals surface area contributed by atoms with Gasteiger partial charge in [-0.05, 0) is 47.4 Å². The maximum absolute atomic E-state index is 12.7. The predicted molar refractivity (Wildman–Crippen MR) is 73.0 cm³/mol. The third kappa shape index (κ3) is 3.36. The Balaban J connectivity index is 2.41. The van der Waals surface area contributed by atoms with E-state index in [1.807, 2.05) is 0 Å². The van der Waals surface area contributed by atoms with Crippen LogP contribution in [-0.4, -0.2) is 10.2 Å². The molecule has 0 radical (unpaired) electrons. The van der Waals surface area contributed by atoms with Gasteiger partial charge in [-0.25, -0.2) is 0 Å². The molecule has 0 aliphatic rings. The lowest BCUT2D eigenvalue weighted by Gasteiger charge is -2.17. The second-order valence-corrected chi connectivity index (χ2v) is 4.76. The molecule has 2 aromatic carbocycles. The maximum Gasteiger partial charge on any atom is 0.416 e. The fourth-order valence-corrected chi connectivity index (χ4v) is 2.19. The summed E-state index contributed by atoms with van der Waals surface area (Å²) in [6, 6.07) is 9.27. The first-order valence-corrected chi connectivity index (χ1v) is 6.50. The number of phenols is 1. The molecule has 0 aliphatic carbocycles. The van der Waals surface area contributed by atoms with Crippen LogP contribution in [0.4, 0.5) is 13.2 Å². The van der Waals surface area contributed by atoms with E-state index in [-0.39, 0.29) is 5.75 Å². The summed E-state index contributed by atoms with van der Waals surface area (Å²) in [5, 5.41) is 19.6. The summed E-state index contributed by atoms with van der Waals surface area (Å²) < 4.78 is 38.1. The molecule has 2 nitrogen and oxygen atoms in total. The first-order chi connectivity index (χ1) is 9.82. The zero-order chi connectivity index (χ0) is 15.6. The maximum atomic E-state index is 12.7. The molecular formula is C16H15F3O2. The molecule has 0 spiro atoms. The fourth-order valence-electron chi connectivity index (χ4n) is 2.19. The van der Waals surface area contributed by atoms with Crippen LogP contribution in [-0.2, 0) is 12.6 Å².